The number of rotatable bonds is 6. The van der Waals surface area contributed by atoms with Gasteiger partial charge in [-0.2, -0.15) is 5.10 Å². The summed E-state index contributed by atoms with van der Waals surface area (Å²) in [7, 11) is 0. The first kappa shape index (κ1) is 22.2. The molecule has 36 heavy (non-hydrogen) atoms. The number of aromatic nitrogens is 6. The van der Waals surface area contributed by atoms with Gasteiger partial charge in [-0.15, -0.1) is 11.3 Å². The van der Waals surface area contributed by atoms with Crippen LogP contribution >= 0.6 is 11.3 Å². The Morgan fingerprint density at radius 2 is 1.94 bits per heavy atom. The Kier molecular flexibility index (Phi) is 5.62. The number of carbonyl (C=O) groups is 2. The summed E-state index contributed by atoms with van der Waals surface area (Å²) in [4.78, 5) is 51.0. The number of amides is 2. The van der Waals surface area contributed by atoms with Crippen LogP contribution in [0.25, 0.3) is 32.5 Å². The second-order valence-electron chi connectivity index (χ2n) is 8.40. The van der Waals surface area contributed by atoms with E-state index in [-0.39, 0.29) is 23.9 Å². The molecule has 4 N–H and O–H groups in total. The largest absolute Gasteiger partial charge is 0.378 e. The fraction of sp³-hybridized carbons (Fsp3) is 0.261. The van der Waals surface area contributed by atoms with Crippen molar-refractivity contribution in [2.45, 2.75) is 13.0 Å². The molecule has 0 radical (unpaired) electrons. The predicted octanol–water partition coefficient (Wildman–Crippen LogP) is 2.16. The van der Waals surface area contributed by atoms with Crippen LogP contribution in [0.3, 0.4) is 0 Å². The van der Waals surface area contributed by atoms with Gasteiger partial charge in [-0.3, -0.25) is 20.0 Å². The molecule has 1 aliphatic heterocycles. The molecule has 184 valence electrons. The van der Waals surface area contributed by atoms with Gasteiger partial charge in [0.1, 0.15) is 0 Å². The molecule has 1 saturated heterocycles. The highest BCUT2D eigenvalue weighted by atomic mass is 32.1. The number of nitrogens with zero attached hydrogens (tertiary/aromatic N) is 4. The highest BCUT2D eigenvalue weighted by molar-refractivity contribution is 7.17. The van der Waals surface area contributed by atoms with Gasteiger partial charge in [-0.25, -0.2) is 9.78 Å². The lowest BCUT2D eigenvalue weighted by molar-refractivity contribution is -0.135. The number of morpholine rings is 1. The van der Waals surface area contributed by atoms with Crippen molar-refractivity contribution in [3.05, 3.63) is 52.0 Å². The van der Waals surface area contributed by atoms with Crippen LogP contribution in [-0.4, -0.2) is 72.7 Å². The van der Waals surface area contributed by atoms with E-state index >= 15 is 0 Å². The molecule has 0 saturated carbocycles. The van der Waals surface area contributed by atoms with Gasteiger partial charge in [0.25, 0.3) is 5.91 Å². The molecule has 0 atom stereocenters. The van der Waals surface area contributed by atoms with Crippen molar-refractivity contribution in [3.8, 4) is 10.4 Å². The van der Waals surface area contributed by atoms with Crippen molar-refractivity contribution in [2.24, 2.45) is 0 Å². The van der Waals surface area contributed by atoms with E-state index in [2.05, 4.69) is 30.5 Å². The van der Waals surface area contributed by atoms with Crippen LogP contribution in [0.15, 0.2) is 41.5 Å². The lowest BCUT2D eigenvalue weighted by atomic mass is 10.2. The van der Waals surface area contributed by atoms with Crippen LogP contribution in [0.5, 0.6) is 0 Å². The van der Waals surface area contributed by atoms with Crippen LogP contribution < -0.4 is 11.0 Å². The normalized spacial score (nSPS) is 14.1. The van der Waals surface area contributed by atoms with Gasteiger partial charge in [-0.05, 0) is 24.3 Å². The predicted molar refractivity (Wildman–Crippen MR) is 134 cm³/mol. The van der Waals surface area contributed by atoms with E-state index in [0.29, 0.717) is 65.7 Å². The summed E-state index contributed by atoms with van der Waals surface area (Å²) in [6.45, 7) is 2.50. The van der Waals surface area contributed by atoms with E-state index in [0.717, 1.165) is 10.4 Å². The SMILES string of the molecule is O=C(Nc1nc2cc3[nH]c(=O)[nH]c3cc2n1CCC(=O)N1CCOCC1)c1ccc(-c2cn[nH]c2)s1. The van der Waals surface area contributed by atoms with Crippen LogP contribution in [0.2, 0.25) is 0 Å². The third-order valence-electron chi connectivity index (χ3n) is 6.13. The first-order chi connectivity index (χ1) is 17.5. The number of anilines is 1. The van der Waals surface area contributed by atoms with Crippen molar-refractivity contribution >= 4 is 51.2 Å². The summed E-state index contributed by atoms with van der Waals surface area (Å²) in [6.07, 6.45) is 3.70. The molecule has 0 spiro atoms. The molecule has 13 heteroatoms. The lowest BCUT2D eigenvalue weighted by Gasteiger charge is -2.27. The second-order valence-corrected chi connectivity index (χ2v) is 9.48. The zero-order valence-corrected chi connectivity index (χ0v) is 19.9. The molecule has 0 unspecified atom stereocenters. The van der Waals surface area contributed by atoms with Crippen molar-refractivity contribution in [2.75, 3.05) is 31.6 Å². The Morgan fingerprint density at radius 3 is 2.72 bits per heavy atom. The molecule has 5 aromatic rings. The number of hydrogen-bond acceptors (Lipinski definition) is 7. The minimum absolute atomic E-state index is 0.0107. The average Bonchev–Trinajstić information content (AvgIpc) is 3.67. The zero-order chi connectivity index (χ0) is 24.6. The number of hydrogen-bond donors (Lipinski definition) is 4. The van der Waals surface area contributed by atoms with Crippen LogP contribution in [0.4, 0.5) is 5.95 Å². The maximum atomic E-state index is 13.1. The van der Waals surface area contributed by atoms with Crippen LogP contribution in [-0.2, 0) is 16.1 Å². The minimum Gasteiger partial charge on any atom is -0.378 e. The van der Waals surface area contributed by atoms with Crippen molar-refractivity contribution < 1.29 is 14.3 Å². The Morgan fingerprint density at radius 1 is 1.14 bits per heavy atom. The summed E-state index contributed by atoms with van der Waals surface area (Å²) in [5.41, 5.74) is 3.12. The number of nitrogens with one attached hydrogen (secondary N) is 4. The molecule has 2 amide bonds. The van der Waals surface area contributed by atoms with Crippen LogP contribution in [0.1, 0.15) is 16.1 Å². The number of aryl methyl sites for hydroxylation is 1. The topological polar surface area (TPSA) is 154 Å². The number of benzene rings is 1. The van der Waals surface area contributed by atoms with E-state index in [4.69, 9.17) is 4.74 Å². The molecule has 12 nitrogen and oxygen atoms in total. The van der Waals surface area contributed by atoms with E-state index in [1.54, 1.807) is 40.1 Å². The Hall–Kier alpha value is -4.23. The number of imidazole rings is 2. The van der Waals surface area contributed by atoms with Crippen molar-refractivity contribution in [1.82, 2.24) is 34.6 Å². The third kappa shape index (κ3) is 4.18. The van der Waals surface area contributed by atoms with Gasteiger partial charge in [0, 0.05) is 42.7 Å². The van der Waals surface area contributed by atoms with E-state index < -0.39 is 0 Å². The molecule has 0 aliphatic carbocycles. The summed E-state index contributed by atoms with van der Waals surface area (Å²) in [5, 5.41) is 9.63. The second kappa shape index (κ2) is 9.09. The number of aromatic amines is 3. The monoisotopic (exact) mass is 506 g/mol. The summed E-state index contributed by atoms with van der Waals surface area (Å²) in [6, 6.07) is 7.17. The van der Waals surface area contributed by atoms with E-state index in [1.807, 2.05) is 6.07 Å². The summed E-state index contributed by atoms with van der Waals surface area (Å²) in [5.74, 6) is 0.0411. The van der Waals surface area contributed by atoms with Gasteiger partial charge < -0.3 is 24.2 Å². The minimum atomic E-state index is -0.314. The lowest BCUT2D eigenvalue weighted by Crippen LogP contribution is -2.41. The quantitative estimate of drug-likeness (QED) is 0.277. The maximum absolute atomic E-state index is 13.1. The number of ether oxygens (including phenoxy) is 1. The fourth-order valence-electron chi connectivity index (χ4n) is 4.32. The van der Waals surface area contributed by atoms with Gasteiger partial charge in [0.05, 0.1) is 46.4 Å². The van der Waals surface area contributed by atoms with Crippen molar-refractivity contribution in [3.63, 3.8) is 0 Å². The highest BCUT2D eigenvalue weighted by Gasteiger charge is 2.21. The highest BCUT2D eigenvalue weighted by Crippen LogP contribution is 2.29. The molecule has 6 rings (SSSR count). The molecule has 1 aromatic carbocycles. The zero-order valence-electron chi connectivity index (χ0n) is 19.0. The Balaban J connectivity index is 1.31. The third-order valence-corrected chi connectivity index (χ3v) is 7.27. The van der Waals surface area contributed by atoms with E-state index in [9.17, 15) is 14.4 Å². The average molecular weight is 507 g/mol. The summed E-state index contributed by atoms with van der Waals surface area (Å²) >= 11 is 1.35. The number of H-pyrrole nitrogens is 3. The van der Waals surface area contributed by atoms with Crippen molar-refractivity contribution in [1.29, 1.82) is 0 Å². The smallest absolute Gasteiger partial charge is 0.323 e. The molecule has 4 aromatic heterocycles. The fourth-order valence-corrected chi connectivity index (χ4v) is 5.20. The molecular formula is C23H22N8O4S. The molecule has 1 aliphatic rings. The van der Waals surface area contributed by atoms with Gasteiger partial charge in [-0.1, -0.05) is 0 Å². The number of thiophene rings is 1. The summed E-state index contributed by atoms with van der Waals surface area (Å²) < 4.78 is 7.14. The molecule has 5 heterocycles. The van der Waals surface area contributed by atoms with Gasteiger partial charge in [0.2, 0.25) is 11.9 Å². The Labute approximate surface area is 207 Å². The maximum Gasteiger partial charge on any atom is 0.323 e. The van der Waals surface area contributed by atoms with Gasteiger partial charge in [0.15, 0.2) is 0 Å². The molecule has 1 fully saturated rings. The molecular weight excluding hydrogens is 484 g/mol. The molecule has 0 bridgehead atoms. The number of carbonyl (C=O) groups excluding carboxylic acids is 2. The first-order valence-corrected chi connectivity index (χ1v) is 12.2. The Bertz CT molecular complexity index is 1620. The first-order valence-electron chi connectivity index (χ1n) is 11.4. The van der Waals surface area contributed by atoms with E-state index in [1.165, 1.54) is 11.3 Å². The standard InChI is InChI=1S/C23H22N8O4S/c32-20(30-5-7-35-8-6-30)3-4-31-17-10-15-14(27-23(34)28-15)9-16(17)26-22(31)29-21(33)19-2-1-18(36-19)13-11-24-25-12-13/h1-2,9-12H,3-8H2,(H,24,25)(H,26,29,33)(H2,27,28,34). The van der Waals surface area contributed by atoms with Crippen LogP contribution in [0, 0.1) is 0 Å². The number of fused-ring (bicyclic) bond motifs is 2. The van der Waals surface area contributed by atoms with Gasteiger partial charge >= 0.3 is 5.69 Å².